The molecule has 2 rings (SSSR count). The van der Waals surface area contributed by atoms with Gasteiger partial charge >= 0.3 is 6.03 Å². The van der Waals surface area contributed by atoms with Crippen LogP contribution in [0, 0.1) is 13.8 Å². The lowest BCUT2D eigenvalue weighted by Gasteiger charge is -2.19. The molecule has 0 radical (unpaired) electrons. The monoisotopic (exact) mass is 317 g/mol. The highest BCUT2D eigenvalue weighted by molar-refractivity contribution is 6.08. The van der Waals surface area contributed by atoms with E-state index in [0.717, 1.165) is 16.0 Å². The molecular weight excluding hydrogens is 294 g/mol. The highest BCUT2D eigenvalue weighted by atomic mass is 16.2. The molecule has 1 aromatic carbocycles. The molecule has 0 aliphatic carbocycles. The van der Waals surface area contributed by atoms with Crippen molar-refractivity contribution < 1.29 is 14.4 Å². The summed E-state index contributed by atoms with van der Waals surface area (Å²) in [6.45, 7) is 8.87. The summed E-state index contributed by atoms with van der Waals surface area (Å²) in [6, 6.07) is 5.26. The van der Waals surface area contributed by atoms with Gasteiger partial charge in [0.25, 0.3) is 5.91 Å². The molecule has 0 saturated carbocycles. The Morgan fingerprint density at radius 1 is 1.26 bits per heavy atom. The SMILES string of the molecule is Cc1ccc(C(C)NC(=O)CN2C(=O)NC(C)(C)C2=O)cc1C. The maximum absolute atomic E-state index is 12.2. The molecule has 2 N–H and O–H groups in total. The van der Waals surface area contributed by atoms with Crippen LogP contribution in [0.25, 0.3) is 0 Å². The van der Waals surface area contributed by atoms with Crippen LogP contribution in [-0.4, -0.2) is 34.8 Å². The first-order chi connectivity index (χ1) is 10.6. The summed E-state index contributed by atoms with van der Waals surface area (Å²) in [5.41, 5.74) is 2.36. The number of amides is 4. The maximum Gasteiger partial charge on any atom is 0.325 e. The van der Waals surface area contributed by atoms with E-state index in [9.17, 15) is 14.4 Å². The lowest BCUT2D eigenvalue weighted by atomic mass is 10.0. The van der Waals surface area contributed by atoms with Crippen LogP contribution in [0.4, 0.5) is 4.79 Å². The molecule has 1 aliphatic rings. The second-order valence-electron chi connectivity index (χ2n) is 6.58. The molecule has 0 bridgehead atoms. The lowest BCUT2D eigenvalue weighted by molar-refractivity contribution is -0.134. The van der Waals surface area contributed by atoms with Gasteiger partial charge in [-0.2, -0.15) is 0 Å². The van der Waals surface area contributed by atoms with Gasteiger partial charge < -0.3 is 10.6 Å². The summed E-state index contributed by atoms with van der Waals surface area (Å²) < 4.78 is 0. The van der Waals surface area contributed by atoms with E-state index in [1.165, 1.54) is 5.56 Å². The number of hydrogen-bond donors (Lipinski definition) is 2. The molecule has 0 aromatic heterocycles. The van der Waals surface area contributed by atoms with E-state index in [0.29, 0.717) is 0 Å². The van der Waals surface area contributed by atoms with Gasteiger partial charge in [0.15, 0.2) is 0 Å². The Labute approximate surface area is 136 Å². The highest BCUT2D eigenvalue weighted by Gasteiger charge is 2.44. The Bertz CT molecular complexity index is 667. The minimum absolute atomic E-state index is 0.199. The van der Waals surface area contributed by atoms with Crippen LogP contribution in [0.3, 0.4) is 0 Å². The van der Waals surface area contributed by atoms with E-state index in [-0.39, 0.29) is 18.5 Å². The van der Waals surface area contributed by atoms with Gasteiger partial charge in [-0.25, -0.2) is 4.79 Å². The number of aryl methyl sites for hydroxylation is 2. The van der Waals surface area contributed by atoms with E-state index in [2.05, 4.69) is 10.6 Å². The predicted molar refractivity (Wildman–Crippen MR) is 86.8 cm³/mol. The Kier molecular flexibility index (Phi) is 4.45. The Hall–Kier alpha value is -2.37. The minimum atomic E-state index is -0.961. The summed E-state index contributed by atoms with van der Waals surface area (Å²) in [4.78, 5) is 37.0. The molecule has 1 fully saturated rings. The zero-order valence-corrected chi connectivity index (χ0v) is 14.2. The van der Waals surface area contributed by atoms with Crippen molar-refractivity contribution in [3.8, 4) is 0 Å². The normalized spacial score (nSPS) is 17.9. The van der Waals surface area contributed by atoms with Crippen molar-refractivity contribution in [2.24, 2.45) is 0 Å². The van der Waals surface area contributed by atoms with Gasteiger partial charge in [-0.1, -0.05) is 18.2 Å². The van der Waals surface area contributed by atoms with Gasteiger partial charge in [0, 0.05) is 0 Å². The third kappa shape index (κ3) is 3.52. The second-order valence-corrected chi connectivity index (χ2v) is 6.58. The van der Waals surface area contributed by atoms with Gasteiger partial charge in [-0.15, -0.1) is 0 Å². The number of carbonyl (C=O) groups excluding carboxylic acids is 3. The van der Waals surface area contributed by atoms with E-state index in [4.69, 9.17) is 0 Å². The molecular formula is C17H23N3O3. The van der Waals surface area contributed by atoms with Crippen molar-refractivity contribution in [1.82, 2.24) is 15.5 Å². The number of urea groups is 1. The van der Waals surface area contributed by atoms with E-state index in [1.54, 1.807) is 13.8 Å². The zero-order valence-electron chi connectivity index (χ0n) is 14.2. The van der Waals surface area contributed by atoms with Crippen LogP contribution < -0.4 is 10.6 Å². The van der Waals surface area contributed by atoms with Gasteiger partial charge in [0.2, 0.25) is 5.91 Å². The largest absolute Gasteiger partial charge is 0.348 e. The Balaban J connectivity index is 2.01. The van der Waals surface area contributed by atoms with Crippen LogP contribution in [0.5, 0.6) is 0 Å². The summed E-state index contributed by atoms with van der Waals surface area (Å²) in [5.74, 6) is -0.756. The maximum atomic E-state index is 12.2. The molecule has 4 amide bonds. The molecule has 1 aliphatic heterocycles. The minimum Gasteiger partial charge on any atom is -0.348 e. The second kappa shape index (κ2) is 6.02. The van der Waals surface area contributed by atoms with Crippen LogP contribution in [0.1, 0.15) is 43.5 Å². The Morgan fingerprint density at radius 2 is 1.91 bits per heavy atom. The first-order valence-electron chi connectivity index (χ1n) is 7.62. The molecule has 0 spiro atoms. The molecule has 124 valence electrons. The van der Waals surface area contributed by atoms with Crippen molar-refractivity contribution in [3.05, 3.63) is 34.9 Å². The highest BCUT2D eigenvalue weighted by Crippen LogP contribution is 2.18. The van der Waals surface area contributed by atoms with E-state index < -0.39 is 17.5 Å². The number of carbonyl (C=O) groups is 3. The van der Waals surface area contributed by atoms with Crippen molar-refractivity contribution in [2.75, 3.05) is 6.54 Å². The number of nitrogens with one attached hydrogen (secondary N) is 2. The molecule has 1 unspecified atom stereocenters. The number of benzene rings is 1. The first kappa shape index (κ1) is 17.0. The van der Waals surface area contributed by atoms with Crippen molar-refractivity contribution in [2.45, 2.75) is 46.2 Å². The van der Waals surface area contributed by atoms with E-state index in [1.807, 2.05) is 39.0 Å². The van der Waals surface area contributed by atoms with Crippen LogP contribution in [-0.2, 0) is 9.59 Å². The van der Waals surface area contributed by atoms with Gasteiger partial charge in [0.05, 0.1) is 6.04 Å². The van der Waals surface area contributed by atoms with E-state index >= 15 is 0 Å². The van der Waals surface area contributed by atoms with Crippen molar-refractivity contribution in [3.63, 3.8) is 0 Å². The third-order valence-electron chi connectivity index (χ3n) is 4.15. The van der Waals surface area contributed by atoms with Crippen molar-refractivity contribution >= 4 is 17.8 Å². The molecule has 1 atom stereocenters. The number of imide groups is 1. The third-order valence-corrected chi connectivity index (χ3v) is 4.15. The topological polar surface area (TPSA) is 78.5 Å². The summed E-state index contributed by atoms with van der Waals surface area (Å²) in [5, 5.41) is 5.38. The average molecular weight is 317 g/mol. The summed E-state index contributed by atoms with van der Waals surface area (Å²) >= 11 is 0. The molecule has 1 heterocycles. The van der Waals surface area contributed by atoms with Crippen molar-refractivity contribution in [1.29, 1.82) is 0 Å². The molecule has 1 saturated heterocycles. The summed E-state index contributed by atoms with van der Waals surface area (Å²) in [6.07, 6.45) is 0. The fraction of sp³-hybridized carbons (Fsp3) is 0.471. The van der Waals surface area contributed by atoms with Gasteiger partial charge in [0.1, 0.15) is 12.1 Å². The quantitative estimate of drug-likeness (QED) is 0.831. The first-order valence-corrected chi connectivity index (χ1v) is 7.62. The number of nitrogens with zero attached hydrogens (tertiary/aromatic N) is 1. The smallest absolute Gasteiger partial charge is 0.325 e. The van der Waals surface area contributed by atoms with Gasteiger partial charge in [-0.05, 0) is 51.3 Å². The van der Waals surface area contributed by atoms with Gasteiger partial charge in [-0.3, -0.25) is 14.5 Å². The molecule has 23 heavy (non-hydrogen) atoms. The zero-order chi connectivity index (χ0) is 17.4. The molecule has 1 aromatic rings. The van der Waals surface area contributed by atoms with Crippen LogP contribution in [0.2, 0.25) is 0 Å². The standard InChI is InChI=1S/C17H23N3O3/c1-10-6-7-13(8-11(10)2)12(3)18-14(21)9-20-15(22)17(4,5)19-16(20)23/h6-8,12H,9H2,1-5H3,(H,18,21)(H,19,23). The number of rotatable bonds is 4. The predicted octanol–water partition coefficient (Wildman–Crippen LogP) is 1.81. The van der Waals surface area contributed by atoms with Crippen LogP contribution in [0.15, 0.2) is 18.2 Å². The Morgan fingerprint density at radius 3 is 2.43 bits per heavy atom. The fourth-order valence-corrected chi connectivity index (χ4v) is 2.51. The molecule has 6 nitrogen and oxygen atoms in total. The summed E-state index contributed by atoms with van der Waals surface area (Å²) in [7, 11) is 0. The molecule has 6 heteroatoms. The average Bonchev–Trinajstić information content (AvgIpc) is 2.64. The fourth-order valence-electron chi connectivity index (χ4n) is 2.51. The number of hydrogen-bond acceptors (Lipinski definition) is 3. The lowest BCUT2D eigenvalue weighted by Crippen LogP contribution is -2.43. The van der Waals surface area contributed by atoms with Crippen LogP contribution >= 0.6 is 0 Å².